The minimum Gasteiger partial charge on any atom is -0.452 e. The number of pyridine rings is 1. The van der Waals surface area contributed by atoms with Crippen LogP contribution >= 0.6 is 0 Å². The predicted molar refractivity (Wildman–Crippen MR) is 110 cm³/mol. The normalized spacial score (nSPS) is 10.8. The molecule has 0 unspecified atom stereocenters. The Morgan fingerprint density at radius 1 is 1.14 bits per heavy atom. The fourth-order valence-corrected chi connectivity index (χ4v) is 3.19. The lowest BCUT2D eigenvalue weighted by Crippen LogP contribution is -2.21. The van der Waals surface area contributed by atoms with E-state index in [0.29, 0.717) is 22.8 Å². The number of anilines is 1. The molecule has 2 aromatic heterocycles. The third kappa shape index (κ3) is 4.87. The zero-order chi connectivity index (χ0) is 21.0. The number of nitrogens with zero attached hydrogens (tertiary/aromatic N) is 3. The Balaban J connectivity index is 1.71. The number of amides is 1. The van der Waals surface area contributed by atoms with Crippen molar-refractivity contribution < 1.29 is 14.3 Å². The van der Waals surface area contributed by atoms with Gasteiger partial charge in [0.15, 0.2) is 12.4 Å². The molecule has 1 aromatic carbocycles. The van der Waals surface area contributed by atoms with E-state index in [1.807, 2.05) is 64.1 Å². The van der Waals surface area contributed by atoms with Crippen LogP contribution in [0, 0.1) is 13.8 Å². The van der Waals surface area contributed by atoms with Crippen LogP contribution < -0.4 is 5.32 Å². The molecule has 0 saturated carbocycles. The van der Waals surface area contributed by atoms with E-state index in [2.05, 4.69) is 15.4 Å². The molecule has 29 heavy (non-hydrogen) atoms. The molecule has 150 valence electrons. The number of rotatable bonds is 6. The van der Waals surface area contributed by atoms with E-state index in [-0.39, 0.29) is 12.5 Å². The van der Waals surface area contributed by atoms with Crippen LogP contribution in [0.2, 0.25) is 0 Å². The molecule has 2 heterocycles. The maximum atomic E-state index is 12.6. The van der Waals surface area contributed by atoms with Gasteiger partial charge in [-0.3, -0.25) is 4.79 Å². The molecule has 0 spiro atoms. The summed E-state index contributed by atoms with van der Waals surface area (Å²) in [6.07, 6.45) is 3.12. The number of benzene rings is 1. The summed E-state index contributed by atoms with van der Waals surface area (Å²) in [5.74, 6) is -0.369. The van der Waals surface area contributed by atoms with Crippen molar-refractivity contribution in [3.05, 3.63) is 71.2 Å². The highest BCUT2D eigenvalue weighted by molar-refractivity contribution is 5.96. The summed E-state index contributed by atoms with van der Waals surface area (Å²) >= 11 is 0. The van der Waals surface area contributed by atoms with Crippen molar-refractivity contribution in [2.45, 2.75) is 33.6 Å². The molecule has 0 aliphatic heterocycles. The van der Waals surface area contributed by atoms with Gasteiger partial charge in [0.1, 0.15) is 5.56 Å². The van der Waals surface area contributed by atoms with Gasteiger partial charge in [0.05, 0.1) is 11.9 Å². The summed E-state index contributed by atoms with van der Waals surface area (Å²) < 4.78 is 6.86. The molecular weight excluding hydrogens is 368 g/mol. The molecule has 0 aliphatic rings. The maximum Gasteiger partial charge on any atom is 0.342 e. The standard InChI is InChI=1S/C22H24N4O3/c1-14(2)21-18(12-24-26(21)19-7-5-6-8-23-19)22(28)29-13-20(27)25-17-10-15(3)9-16(4)11-17/h5-12,14H,13H2,1-4H3,(H,25,27). The van der Waals surface area contributed by atoms with Gasteiger partial charge < -0.3 is 10.1 Å². The highest BCUT2D eigenvalue weighted by Crippen LogP contribution is 2.23. The van der Waals surface area contributed by atoms with Crippen molar-refractivity contribution in [1.82, 2.24) is 14.8 Å². The predicted octanol–water partition coefficient (Wildman–Crippen LogP) is 3.80. The number of nitrogens with one attached hydrogen (secondary N) is 1. The second kappa shape index (κ2) is 8.68. The van der Waals surface area contributed by atoms with Gasteiger partial charge in [-0.2, -0.15) is 5.10 Å². The van der Waals surface area contributed by atoms with Crippen molar-refractivity contribution in [2.75, 3.05) is 11.9 Å². The van der Waals surface area contributed by atoms with Crippen LogP contribution in [0.5, 0.6) is 0 Å². The number of hydrogen-bond acceptors (Lipinski definition) is 5. The lowest BCUT2D eigenvalue weighted by atomic mass is 10.1. The van der Waals surface area contributed by atoms with E-state index < -0.39 is 11.9 Å². The number of carbonyl (C=O) groups is 2. The molecule has 3 aromatic rings. The minimum atomic E-state index is -0.591. The zero-order valence-corrected chi connectivity index (χ0v) is 17.0. The summed E-state index contributed by atoms with van der Waals surface area (Å²) in [5, 5.41) is 7.05. The van der Waals surface area contributed by atoms with E-state index in [1.54, 1.807) is 10.9 Å². The molecule has 1 amide bonds. The van der Waals surface area contributed by atoms with Crippen LogP contribution in [0.4, 0.5) is 5.69 Å². The van der Waals surface area contributed by atoms with E-state index in [4.69, 9.17) is 4.74 Å². The van der Waals surface area contributed by atoms with Gasteiger partial charge in [0, 0.05) is 11.9 Å². The number of aryl methyl sites for hydroxylation is 2. The molecule has 0 saturated heterocycles. The first-order chi connectivity index (χ1) is 13.8. The molecule has 0 aliphatic carbocycles. The Bertz CT molecular complexity index is 1010. The third-order valence-corrected chi connectivity index (χ3v) is 4.28. The van der Waals surface area contributed by atoms with Crippen LogP contribution in [-0.4, -0.2) is 33.2 Å². The summed E-state index contributed by atoms with van der Waals surface area (Å²) in [7, 11) is 0. The summed E-state index contributed by atoms with van der Waals surface area (Å²) in [4.78, 5) is 29.1. The molecule has 0 fully saturated rings. The number of esters is 1. The Morgan fingerprint density at radius 3 is 2.48 bits per heavy atom. The first-order valence-corrected chi connectivity index (χ1v) is 9.39. The molecule has 7 nitrogen and oxygen atoms in total. The molecule has 0 radical (unpaired) electrons. The molecule has 7 heteroatoms. The highest BCUT2D eigenvalue weighted by Gasteiger charge is 2.23. The third-order valence-electron chi connectivity index (χ3n) is 4.28. The Labute approximate surface area is 169 Å². The smallest absolute Gasteiger partial charge is 0.342 e. The van der Waals surface area contributed by atoms with Gasteiger partial charge in [-0.05, 0) is 55.2 Å². The fourth-order valence-electron chi connectivity index (χ4n) is 3.19. The molecule has 0 atom stereocenters. The fraction of sp³-hybridized carbons (Fsp3) is 0.273. The van der Waals surface area contributed by atoms with Crippen LogP contribution in [-0.2, 0) is 9.53 Å². The topological polar surface area (TPSA) is 86.1 Å². The molecule has 0 bridgehead atoms. The first kappa shape index (κ1) is 20.3. The number of carbonyl (C=O) groups excluding carboxylic acids is 2. The Morgan fingerprint density at radius 2 is 1.86 bits per heavy atom. The highest BCUT2D eigenvalue weighted by atomic mass is 16.5. The van der Waals surface area contributed by atoms with Gasteiger partial charge in [-0.25, -0.2) is 14.5 Å². The maximum absolute atomic E-state index is 12.6. The second-order valence-corrected chi connectivity index (χ2v) is 7.20. The largest absolute Gasteiger partial charge is 0.452 e. The van der Waals surface area contributed by atoms with Crippen LogP contribution in [0.15, 0.2) is 48.8 Å². The van der Waals surface area contributed by atoms with Crippen LogP contribution in [0.3, 0.4) is 0 Å². The van der Waals surface area contributed by atoms with E-state index in [9.17, 15) is 9.59 Å². The minimum absolute atomic E-state index is 0.00570. The van der Waals surface area contributed by atoms with Gasteiger partial charge >= 0.3 is 5.97 Å². The van der Waals surface area contributed by atoms with Crippen LogP contribution in [0.1, 0.15) is 46.9 Å². The molecular formula is C22H24N4O3. The lowest BCUT2D eigenvalue weighted by Gasteiger charge is -2.12. The zero-order valence-electron chi connectivity index (χ0n) is 17.0. The van der Waals surface area contributed by atoms with E-state index in [1.165, 1.54) is 6.20 Å². The van der Waals surface area contributed by atoms with Gasteiger partial charge in [0.2, 0.25) is 0 Å². The van der Waals surface area contributed by atoms with Crippen molar-refractivity contribution >= 4 is 17.6 Å². The number of hydrogen-bond donors (Lipinski definition) is 1. The van der Waals surface area contributed by atoms with Crippen molar-refractivity contribution in [3.63, 3.8) is 0 Å². The monoisotopic (exact) mass is 392 g/mol. The van der Waals surface area contributed by atoms with E-state index >= 15 is 0 Å². The quantitative estimate of drug-likeness (QED) is 0.645. The van der Waals surface area contributed by atoms with E-state index in [0.717, 1.165) is 11.1 Å². The second-order valence-electron chi connectivity index (χ2n) is 7.20. The molecule has 1 N–H and O–H groups in total. The first-order valence-electron chi connectivity index (χ1n) is 9.39. The van der Waals surface area contributed by atoms with Gasteiger partial charge in [-0.1, -0.05) is 26.0 Å². The average Bonchev–Trinajstić information content (AvgIpc) is 3.11. The number of ether oxygens (including phenoxy) is 1. The number of aromatic nitrogens is 3. The van der Waals surface area contributed by atoms with Crippen molar-refractivity contribution in [2.24, 2.45) is 0 Å². The van der Waals surface area contributed by atoms with Crippen molar-refractivity contribution in [1.29, 1.82) is 0 Å². The Kier molecular flexibility index (Phi) is 6.07. The lowest BCUT2D eigenvalue weighted by molar-refractivity contribution is -0.119. The SMILES string of the molecule is Cc1cc(C)cc(NC(=O)COC(=O)c2cnn(-c3ccccn3)c2C(C)C)c1. The van der Waals surface area contributed by atoms with Gasteiger partial charge in [-0.15, -0.1) is 0 Å². The van der Waals surface area contributed by atoms with Crippen molar-refractivity contribution in [3.8, 4) is 5.82 Å². The molecule has 3 rings (SSSR count). The summed E-state index contributed by atoms with van der Waals surface area (Å²) in [6, 6.07) is 11.2. The average molecular weight is 392 g/mol. The Hall–Kier alpha value is -3.48. The summed E-state index contributed by atoms with van der Waals surface area (Å²) in [6.45, 7) is 7.45. The summed E-state index contributed by atoms with van der Waals surface area (Å²) in [5.41, 5.74) is 3.77. The van der Waals surface area contributed by atoms with Crippen LogP contribution in [0.25, 0.3) is 5.82 Å². The van der Waals surface area contributed by atoms with Gasteiger partial charge in [0.25, 0.3) is 5.91 Å².